The Labute approximate surface area is 140 Å². The van der Waals surface area contributed by atoms with E-state index >= 15 is 0 Å². The Morgan fingerprint density at radius 2 is 1.96 bits per heavy atom. The van der Waals surface area contributed by atoms with Gasteiger partial charge in [0.1, 0.15) is 12.4 Å². The van der Waals surface area contributed by atoms with Crippen molar-refractivity contribution < 1.29 is 14.6 Å². The minimum atomic E-state index is -0.987. The number of ether oxygens (including phenoxy) is 1. The van der Waals surface area contributed by atoms with E-state index in [1.165, 1.54) is 6.08 Å². The van der Waals surface area contributed by atoms with Crippen molar-refractivity contribution in [1.29, 1.82) is 0 Å². The van der Waals surface area contributed by atoms with Gasteiger partial charge in [0.2, 0.25) is 0 Å². The van der Waals surface area contributed by atoms with E-state index < -0.39 is 5.97 Å². The van der Waals surface area contributed by atoms with Crippen molar-refractivity contribution in [2.45, 2.75) is 13.5 Å². The average molecular weight is 319 g/mol. The third-order valence-electron chi connectivity index (χ3n) is 3.65. The number of aliphatic carboxylic acids is 1. The van der Waals surface area contributed by atoms with Crippen LogP contribution in [-0.4, -0.2) is 16.1 Å². The van der Waals surface area contributed by atoms with Gasteiger partial charge in [0.15, 0.2) is 0 Å². The quantitative estimate of drug-likeness (QED) is 0.715. The Hall–Kier alpha value is -3.14. The summed E-state index contributed by atoms with van der Waals surface area (Å²) in [5.74, 6) is -0.204. The second-order valence-electron chi connectivity index (χ2n) is 5.49. The number of aryl methyl sites for hydroxylation is 1. The fourth-order valence-corrected chi connectivity index (χ4v) is 2.47. The first-order valence-corrected chi connectivity index (χ1v) is 7.61. The van der Waals surface area contributed by atoms with Crippen molar-refractivity contribution in [3.63, 3.8) is 0 Å². The first-order valence-electron chi connectivity index (χ1n) is 7.61. The first-order chi connectivity index (χ1) is 11.6. The molecule has 0 saturated carbocycles. The van der Waals surface area contributed by atoms with Crippen LogP contribution in [0.5, 0.6) is 5.75 Å². The minimum absolute atomic E-state index is 0.512. The number of carbonyl (C=O) groups is 1. The van der Waals surface area contributed by atoms with Gasteiger partial charge in [-0.05, 0) is 48.4 Å². The van der Waals surface area contributed by atoms with Crippen molar-refractivity contribution in [2.24, 2.45) is 0 Å². The van der Waals surface area contributed by atoms with Gasteiger partial charge in [-0.25, -0.2) is 9.78 Å². The maximum absolute atomic E-state index is 10.6. The van der Waals surface area contributed by atoms with E-state index in [1.54, 1.807) is 0 Å². The van der Waals surface area contributed by atoms with E-state index in [9.17, 15) is 4.79 Å². The number of hydrogen-bond acceptors (Lipinski definition) is 3. The summed E-state index contributed by atoms with van der Waals surface area (Å²) in [4.78, 5) is 15.1. The maximum atomic E-state index is 10.6. The Bertz CT molecular complexity index is 901. The lowest BCUT2D eigenvalue weighted by molar-refractivity contribution is -0.131. The zero-order valence-electron chi connectivity index (χ0n) is 13.3. The van der Waals surface area contributed by atoms with Crippen LogP contribution in [0, 0.1) is 6.92 Å². The molecule has 3 rings (SSSR count). The molecule has 1 aromatic heterocycles. The zero-order chi connectivity index (χ0) is 16.9. The summed E-state index contributed by atoms with van der Waals surface area (Å²) < 4.78 is 5.84. The molecule has 0 saturated heterocycles. The molecule has 4 heteroatoms. The predicted molar refractivity (Wildman–Crippen MR) is 93.9 cm³/mol. The zero-order valence-corrected chi connectivity index (χ0v) is 13.3. The predicted octanol–water partition coefficient (Wildman–Crippen LogP) is 4.22. The molecule has 1 N–H and O–H groups in total. The summed E-state index contributed by atoms with van der Waals surface area (Å²) in [7, 11) is 0. The molecular weight excluding hydrogens is 302 g/mol. The van der Waals surface area contributed by atoms with E-state index in [0.29, 0.717) is 12.3 Å². The number of carboxylic acid groups (broad SMARTS) is 1. The normalized spacial score (nSPS) is 11.0. The largest absolute Gasteiger partial charge is 0.489 e. The number of nitrogens with zero attached hydrogens (tertiary/aromatic N) is 1. The number of benzene rings is 2. The number of aromatic nitrogens is 1. The Morgan fingerprint density at radius 3 is 2.71 bits per heavy atom. The van der Waals surface area contributed by atoms with Crippen molar-refractivity contribution >= 4 is 22.9 Å². The monoisotopic (exact) mass is 319 g/mol. The third kappa shape index (κ3) is 3.79. The van der Waals surface area contributed by atoms with E-state index in [4.69, 9.17) is 9.84 Å². The van der Waals surface area contributed by atoms with Crippen molar-refractivity contribution in [3.8, 4) is 5.75 Å². The van der Waals surface area contributed by atoms with Crippen LogP contribution in [0.2, 0.25) is 0 Å². The molecule has 0 amide bonds. The van der Waals surface area contributed by atoms with Crippen LogP contribution in [-0.2, 0) is 11.4 Å². The van der Waals surface area contributed by atoms with Gasteiger partial charge >= 0.3 is 5.97 Å². The topological polar surface area (TPSA) is 59.4 Å². The van der Waals surface area contributed by atoms with Crippen LogP contribution >= 0.6 is 0 Å². The molecule has 0 aliphatic rings. The number of rotatable bonds is 5. The van der Waals surface area contributed by atoms with Crippen LogP contribution in [0.15, 0.2) is 60.7 Å². The number of hydrogen-bond donors (Lipinski definition) is 1. The van der Waals surface area contributed by atoms with E-state index in [2.05, 4.69) is 4.98 Å². The Morgan fingerprint density at radius 1 is 1.17 bits per heavy atom. The molecule has 24 heavy (non-hydrogen) atoms. The summed E-state index contributed by atoms with van der Waals surface area (Å²) in [5, 5.41) is 9.71. The van der Waals surface area contributed by atoms with Crippen LogP contribution < -0.4 is 4.74 Å². The van der Waals surface area contributed by atoms with Crippen molar-refractivity contribution in [1.82, 2.24) is 4.98 Å². The third-order valence-corrected chi connectivity index (χ3v) is 3.65. The van der Waals surface area contributed by atoms with E-state index in [1.807, 2.05) is 61.5 Å². The summed E-state index contributed by atoms with van der Waals surface area (Å²) in [6, 6.07) is 17.6. The van der Waals surface area contributed by atoms with Gasteiger partial charge in [0, 0.05) is 11.5 Å². The molecular formula is C20H17NO3. The van der Waals surface area contributed by atoms with Gasteiger partial charge in [-0.2, -0.15) is 0 Å². The maximum Gasteiger partial charge on any atom is 0.328 e. The van der Waals surface area contributed by atoms with Crippen LogP contribution in [0.25, 0.3) is 17.0 Å². The molecule has 0 unspecified atom stereocenters. The highest BCUT2D eigenvalue weighted by atomic mass is 16.5. The van der Waals surface area contributed by atoms with E-state index in [-0.39, 0.29) is 0 Å². The highest BCUT2D eigenvalue weighted by Gasteiger charge is 2.04. The Kier molecular flexibility index (Phi) is 4.57. The molecule has 0 fully saturated rings. The van der Waals surface area contributed by atoms with Gasteiger partial charge in [0.05, 0.1) is 11.2 Å². The number of carboxylic acids is 1. The van der Waals surface area contributed by atoms with Crippen molar-refractivity contribution in [3.05, 3.63) is 77.5 Å². The molecule has 0 aliphatic heterocycles. The van der Waals surface area contributed by atoms with Crippen LogP contribution in [0.3, 0.4) is 0 Å². The molecule has 0 spiro atoms. The Balaban J connectivity index is 1.84. The smallest absolute Gasteiger partial charge is 0.328 e. The fraction of sp³-hybridized carbons (Fsp3) is 0.100. The lowest BCUT2D eigenvalue weighted by Crippen LogP contribution is -1.96. The number of fused-ring (bicyclic) bond motifs is 1. The average Bonchev–Trinajstić information content (AvgIpc) is 2.59. The molecule has 0 atom stereocenters. The lowest BCUT2D eigenvalue weighted by atomic mass is 10.1. The SMILES string of the molecule is Cc1cc(/C=C/C(=O)O)nc2ccc(OCc3ccccc3)cc12. The van der Waals surface area contributed by atoms with Crippen LogP contribution in [0.1, 0.15) is 16.8 Å². The summed E-state index contributed by atoms with van der Waals surface area (Å²) in [6.07, 6.45) is 2.58. The van der Waals surface area contributed by atoms with Gasteiger partial charge in [-0.15, -0.1) is 0 Å². The number of pyridine rings is 1. The first kappa shape index (κ1) is 15.7. The highest BCUT2D eigenvalue weighted by Crippen LogP contribution is 2.24. The highest BCUT2D eigenvalue weighted by molar-refractivity contribution is 5.87. The molecule has 0 radical (unpaired) electrons. The summed E-state index contributed by atoms with van der Waals surface area (Å²) in [6.45, 7) is 2.49. The molecule has 3 aromatic rings. The molecule has 0 bridgehead atoms. The fourth-order valence-electron chi connectivity index (χ4n) is 2.47. The lowest BCUT2D eigenvalue weighted by Gasteiger charge is -2.09. The second-order valence-corrected chi connectivity index (χ2v) is 5.49. The summed E-state index contributed by atoms with van der Waals surface area (Å²) >= 11 is 0. The molecule has 120 valence electrons. The van der Waals surface area contributed by atoms with E-state index in [0.717, 1.165) is 33.9 Å². The molecule has 4 nitrogen and oxygen atoms in total. The molecule has 0 aliphatic carbocycles. The molecule has 1 heterocycles. The summed E-state index contributed by atoms with van der Waals surface area (Å²) in [5.41, 5.74) is 3.57. The minimum Gasteiger partial charge on any atom is -0.489 e. The van der Waals surface area contributed by atoms with Crippen LogP contribution in [0.4, 0.5) is 0 Å². The van der Waals surface area contributed by atoms with Crippen molar-refractivity contribution in [2.75, 3.05) is 0 Å². The van der Waals surface area contributed by atoms with Gasteiger partial charge in [0.25, 0.3) is 0 Å². The molecule has 2 aromatic carbocycles. The van der Waals surface area contributed by atoms with Gasteiger partial charge in [-0.3, -0.25) is 0 Å². The van der Waals surface area contributed by atoms with Gasteiger partial charge < -0.3 is 9.84 Å². The standard InChI is InChI=1S/C20H17NO3/c1-14-11-16(7-10-20(22)23)21-19-9-8-17(12-18(14)19)24-13-15-5-3-2-4-6-15/h2-12H,13H2,1H3,(H,22,23)/b10-7+. The second kappa shape index (κ2) is 6.96. The van der Waals surface area contributed by atoms with Gasteiger partial charge in [-0.1, -0.05) is 30.3 Å².